The van der Waals surface area contributed by atoms with Gasteiger partial charge >= 0.3 is 6.18 Å². The third-order valence-electron chi connectivity index (χ3n) is 2.34. The first kappa shape index (κ1) is 15.7. The zero-order valence-corrected chi connectivity index (χ0v) is 10.5. The molecule has 0 radical (unpaired) electrons. The van der Waals surface area contributed by atoms with Crippen LogP contribution in [0.5, 0.6) is 0 Å². The summed E-state index contributed by atoms with van der Waals surface area (Å²) in [6, 6.07) is 1.30. The van der Waals surface area contributed by atoms with E-state index in [2.05, 4.69) is 15.5 Å². The van der Waals surface area contributed by atoms with Crippen LogP contribution in [0.15, 0.2) is 23.5 Å². The lowest BCUT2D eigenvalue weighted by atomic mass is 10.2. The van der Waals surface area contributed by atoms with Gasteiger partial charge in [0.1, 0.15) is 11.5 Å². The summed E-state index contributed by atoms with van der Waals surface area (Å²) in [6.07, 6.45) is -3.81. The van der Waals surface area contributed by atoms with E-state index in [1.165, 1.54) is 0 Å². The number of carbonyl (C=O) groups excluding carboxylic acids is 1. The maximum absolute atomic E-state index is 12.3. The van der Waals surface area contributed by atoms with Crippen LogP contribution < -0.4 is 11.1 Å². The van der Waals surface area contributed by atoms with Gasteiger partial charge in [0.25, 0.3) is 5.91 Å². The molecular formula is C11H13F3N4O2. The predicted octanol–water partition coefficient (Wildman–Crippen LogP) is 1.36. The van der Waals surface area contributed by atoms with Gasteiger partial charge in [0.15, 0.2) is 0 Å². The Balaban J connectivity index is 2.69. The molecule has 6 nitrogen and oxygen atoms in total. The Morgan fingerprint density at radius 1 is 1.55 bits per heavy atom. The van der Waals surface area contributed by atoms with Gasteiger partial charge in [0.2, 0.25) is 0 Å². The van der Waals surface area contributed by atoms with Crippen LogP contribution in [0.1, 0.15) is 29.4 Å². The number of pyridine rings is 1. The molecule has 0 saturated carbocycles. The Hall–Kier alpha value is -2.32. The van der Waals surface area contributed by atoms with Crippen LogP contribution in [-0.2, 0) is 6.18 Å². The molecule has 0 fully saturated rings. The number of rotatable bonds is 4. The monoisotopic (exact) mass is 290 g/mol. The van der Waals surface area contributed by atoms with Crippen LogP contribution in [0.3, 0.4) is 0 Å². The third kappa shape index (κ3) is 4.41. The molecule has 110 valence electrons. The van der Waals surface area contributed by atoms with Crippen molar-refractivity contribution in [2.45, 2.75) is 25.6 Å². The molecule has 1 aromatic heterocycles. The average Bonchev–Trinajstić information content (AvgIpc) is 2.37. The second-order valence-electron chi connectivity index (χ2n) is 4.10. The predicted molar refractivity (Wildman–Crippen MR) is 64.2 cm³/mol. The Bertz CT molecular complexity index is 499. The van der Waals surface area contributed by atoms with Crippen molar-refractivity contribution in [1.29, 1.82) is 0 Å². The zero-order chi connectivity index (χ0) is 15.3. The smallest absolute Gasteiger partial charge is 0.409 e. The number of nitrogens with zero attached hydrogens (tertiary/aromatic N) is 2. The second kappa shape index (κ2) is 6.22. The van der Waals surface area contributed by atoms with E-state index in [9.17, 15) is 18.0 Å². The second-order valence-corrected chi connectivity index (χ2v) is 4.10. The fraction of sp³-hybridized carbons (Fsp3) is 0.364. The minimum absolute atomic E-state index is 0.0711. The maximum atomic E-state index is 12.3. The quantitative estimate of drug-likeness (QED) is 0.337. The molecule has 20 heavy (non-hydrogen) atoms. The summed E-state index contributed by atoms with van der Waals surface area (Å²) in [5.41, 5.74) is 4.18. The molecular weight excluding hydrogens is 277 g/mol. The van der Waals surface area contributed by atoms with E-state index >= 15 is 0 Å². The number of oxime groups is 1. The van der Waals surface area contributed by atoms with Crippen molar-refractivity contribution in [1.82, 2.24) is 10.3 Å². The molecule has 0 aliphatic carbocycles. The zero-order valence-electron chi connectivity index (χ0n) is 10.5. The van der Waals surface area contributed by atoms with Crippen molar-refractivity contribution in [2.24, 2.45) is 10.9 Å². The standard InChI is InChI=1S/C11H13F3N4O2/c1-6(4-9(15)18-20)17-10(19)8-3-2-7(5-16-8)11(12,13)14/h2-3,5-6,20H,4H2,1H3,(H2,15,18)(H,17,19). The number of halogens is 3. The number of hydrogen-bond acceptors (Lipinski definition) is 4. The van der Waals surface area contributed by atoms with E-state index in [4.69, 9.17) is 10.9 Å². The van der Waals surface area contributed by atoms with Gasteiger partial charge in [-0.2, -0.15) is 13.2 Å². The number of carbonyl (C=O) groups is 1. The Morgan fingerprint density at radius 2 is 2.20 bits per heavy atom. The molecule has 1 amide bonds. The van der Waals surface area contributed by atoms with E-state index in [-0.39, 0.29) is 18.0 Å². The highest BCUT2D eigenvalue weighted by atomic mass is 19.4. The molecule has 0 saturated heterocycles. The molecule has 1 heterocycles. The van der Waals surface area contributed by atoms with Gasteiger partial charge < -0.3 is 16.3 Å². The fourth-order valence-corrected chi connectivity index (χ4v) is 1.40. The highest BCUT2D eigenvalue weighted by Crippen LogP contribution is 2.28. The number of amides is 1. The van der Waals surface area contributed by atoms with Gasteiger partial charge in [0.05, 0.1) is 5.56 Å². The number of nitrogens with two attached hydrogens (primary N) is 1. The lowest BCUT2D eigenvalue weighted by Gasteiger charge is -2.13. The van der Waals surface area contributed by atoms with Gasteiger partial charge in [-0.25, -0.2) is 0 Å². The first-order valence-corrected chi connectivity index (χ1v) is 5.54. The molecule has 4 N–H and O–H groups in total. The van der Waals surface area contributed by atoms with Gasteiger partial charge in [0, 0.05) is 18.7 Å². The van der Waals surface area contributed by atoms with E-state index in [1.807, 2.05) is 0 Å². The molecule has 0 spiro atoms. The van der Waals surface area contributed by atoms with Crippen molar-refractivity contribution in [2.75, 3.05) is 0 Å². The molecule has 9 heteroatoms. The first-order chi connectivity index (χ1) is 9.24. The lowest BCUT2D eigenvalue weighted by molar-refractivity contribution is -0.137. The minimum atomic E-state index is -4.50. The summed E-state index contributed by atoms with van der Waals surface area (Å²) >= 11 is 0. The molecule has 1 rings (SSSR count). The van der Waals surface area contributed by atoms with Crippen molar-refractivity contribution >= 4 is 11.7 Å². The van der Waals surface area contributed by atoms with Crippen molar-refractivity contribution in [3.8, 4) is 0 Å². The molecule has 1 aromatic rings. The number of nitrogens with one attached hydrogen (secondary N) is 1. The topological polar surface area (TPSA) is 101 Å². The number of aromatic nitrogens is 1. The van der Waals surface area contributed by atoms with Crippen LogP contribution >= 0.6 is 0 Å². The number of hydrogen-bond donors (Lipinski definition) is 3. The summed E-state index contributed by atoms with van der Waals surface area (Å²) in [5.74, 6) is -0.713. The SMILES string of the molecule is CC(C/C(N)=N/O)NC(=O)c1ccc(C(F)(F)F)cn1. The maximum Gasteiger partial charge on any atom is 0.417 e. The summed E-state index contributed by atoms with van der Waals surface area (Å²) < 4.78 is 37.0. The number of alkyl halides is 3. The Labute approximate surface area is 112 Å². The van der Waals surface area contributed by atoms with E-state index in [1.54, 1.807) is 6.92 Å². The van der Waals surface area contributed by atoms with Crippen LogP contribution in [0, 0.1) is 0 Å². The highest BCUT2D eigenvalue weighted by molar-refractivity contribution is 5.92. The van der Waals surface area contributed by atoms with Crippen LogP contribution in [0.25, 0.3) is 0 Å². The van der Waals surface area contributed by atoms with Crippen molar-refractivity contribution in [3.05, 3.63) is 29.6 Å². The van der Waals surface area contributed by atoms with Crippen LogP contribution in [0.2, 0.25) is 0 Å². The van der Waals surface area contributed by atoms with Crippen LogP contribution in [0.4, 0.5) is 13.2 Å². The van der Waals surface area contributed by atoms with Gasteiger partial charge in [-0.1, -0.05) is 5.16 Å². The van der Waals surface area contributed by atoms with Crippen molar-refractivity contribution < 1.29 is 23.2 Å². The molecule has 0 aliphatic rings. The number of amidine groups is 1. The fourth-order valence-electron chi connectivity index (χ4n) is 1.40. The summed E-state index contributed by atoms with van der Waals surface area (Å²) in [6.45, 7) is 1.60. The summed E-state index contributed by atoms with van der Waals surface area (Å²) in [5, 5.41) is 13.6. The molecule has 1 unspecified atom stereocenters. The Morgan fingerprint density at radius 3 is 2.65 bits per heavy atom. The van der Waals surface area contributed by atoms with Crippen molar-refractivity contribution in [3.63, 3.8) is 0 Å². The average molecular weight is 290 g/mol. The summed E-state index contributed by atoms with van der Waals surface area (Å²) in [4.78, 5) is 15.1. The van der Waals surface area contributed by atoms with E-state index in [0.29, 0.717) is 6.20 Å². The van der Waals surface area contributed by atoms with Gasteiger partial charge in [-0.15, -0.1) is 0 Å². The molecule has 0 aromatic carbocycles. The molecule has 0 aliphatic heterocycles. The van der Waals surface area contributed by atoms with E-state index in [0.717, 1.165) is 12.1 Å². The van der Waals surface area contributed by atoms with E-state index < -0.39 is 23.7 Å². The van der Waals surface area contributed by atoms with Gasteiger partial charge in [-0.05, 0) is 19.1 Å². The largest absolute Gasteiger partial charge is 0.417 e. The third-order valence-corrected chi connectivity index (χ3v) is 2.34. The Kier molecular flexibility index (Phi) is 4.89. The minimum Gasteiger partial charge on any atom is -0.409 e. The molecule has 0 bridgehead atoms. The normalized spacial score (nSPS) is 13.9. The van der Waals surface area contributed by atoms with Gasteiger partial charge in [-0.3, -0.25) is 9.78 Å². The highest BCUT2D eigenvalue weighted by Gasteiger charge is 2.30. The molecule has 1 atom stereocenters. The summed E-state index contributed by atoms with van der Waals surface area (Å²) in [7, 11) is 0. The van der Waals surface area contributed by atoms with Crippen LogP contribution in [-0.4, -0.2) is 28.0 Å². The first-order valence-electron chi connectivity index (χ1n) is 5.54. The lowest BCUT2D eigenvalue weighted by Crippen LogP contribution is -2.36.